The first-order valence-corrected chi connectivity index (χ1v) is 4.73. The molecule has 0 unspecified atom stereocenters. The minimum absolute atomic E-state index is 0.401. The van der Waals surface area contributed by atoms with Crippen LogP contribution in [-0.2, 0) is 0 Å². The van der Waals surface area contributed by atoms with Crippen LogP contribution in [0.15, 0.2) is 30.6 Å². The zero-order chi connectivity index (χ0) is 10.8. The number of carbonyl (C=O) groups is 1. The van der Waals surface area contributed by atoms with Crippen molar-refractivity contribution in [3.63, 3.8) is 0 Å². The van der Waals surface area contributed by atoms with Crippen molar-refractivity contribution in [1.82, 2.24) is 15.0 Å². The molecule has 1 aromatic heterocycles. The van der Waals surface area contributed by atoms with Gasteiger partial charge in [-0.2, -0.15) is 15.0 Å². The van der Waals surface area contributed by atoms with Gasteiger partial charge in [-0.05, 0) is 36.2 Å². The average Bonchev–Trinajstić information content (AvgIpc) is 2.69. The largest absolute Gasteiger partial charge is 0.276 e. The highest BCUT2D eigenvalue weighted by molar-refractivity contribution is 6.68. The highest BCUT2D eigenvalue weighted by atomic mass is 35.5. The maximum atomic E-state index is 11.2. The highest BCUT2D eigenvalue weighted by Crippen LogP contribution is 2.16. The van der Waals surface area contributed by atoms with Crippen LogP contribution in [0, 0.1) is 6.92 Å². The van der Waals surface area contributed by atoms with E-state index in [0.717, 1.165) is 5.56 Å². The fourth-order valence-electron chi connectivity index (χ4n) is 1.31. The lowest BCUT2D eigenvalue weighted by atomic mass is 10.1. The van der Waals surface area contributed by atoms with Gasteiger partial charge in [-0.15, -0.1) is 0 Å². The van der Waals surface area contributed by atoms with Crippen LogP contribution in [0.25, 0.3) is 5.69 Å². The fraction of sp³-hybridized carbons (Fsp3) is 0.100. The van der Waals surface area contributed by atoms with E-state index >= 15 is 0 Å². The van der Waals surface area contributed by atoms with Crippen molar-refractivity contribution in [2.45, 2.75) is 6.92 Å². The van der Waals surface area contributed by atoms with Crippen LogP contribution in [0.4, 0.5) is 0 Å². The Labute approximate surface area is 91.5 Å². The lowest BCUT2D eigenvalue weighted by Gasteiger charge is -2.05. The molecule has 1 aromatic carbocycles. The lowest BCUT2D eigenvalue weighted by Crippen LogP contribution is -2.05. The summed E-state index contributed by atoms with van der Waals surface area (Å²) in [4.78, 5) is 12.5. The van der Waals surface area contributed by atoms with E-state index in [2.05, 4.69) is 10.2 Å². The van der Waals surface area contributed by atoms with Gasteiger partial charge in [0.05, 0.1) is 23.6 Å². The first-order valence-electron chi connectivity index (χ1n) is 4.35. The third-order valence-corrected chi connectivity index (χ3v) is 2.20. The van der Waals surface area contributed by atoms with E-state index in [1.165, 1.54) is 4.80 Å². The van der Waals surface area contributed by atoms with Gasteiger partial charge in [-0.3, -0.25) is 4.79 Å². The molecule has 0 spiro atoms. The molecule has 0 fully saturated rings. The molecule has 15 heavy (non-hydrogen) atoms. The number of aromatic nitrogens is 3. The summed E-state index contributed by atoms with van der Waals surface area (Å²) in [5, 5.41) is 7.42. The maximum absolute atomic E-state index is 11.2. The smallest absolute Gasteiger partial charge is 0.254 e. The van der Waals surface area contributed by atoms with E-state index < -0.39 is 5.24 Å². The van der Waals surface area contributed by atoms with Crippen molar-refractivity contribution in [3.05, 3.63) is 41.7 Å². The first kappa shape index (κ1) is 9.86. The quantitative estimate of drug-likeness (QED) is 0.729. The number of halogens is 1. The molecule has 0 atom stereocenters. The van der Waals surface area contributed by atoms with E-state index in [4.69, 9.17) is 11.6 Å². The van der Waals surface area contributed by atoms with Gasteiger partial charge in [0.15, 0.2) is 0 Å². The second-order valence-electron chi connectivity index (χ2n) is 3.11. The summed E-state index contributed by atoms with van der Waals surface area (Å²) in [5.41, 5.74) is 2.02. The minimum Gasteiger partial charge on any atom is -0.276 e. The third kappa shape index (κ3) is 1.89. The van der Waals surface area contributed by atoms with E-state index in [-0.39, 0.29) is 0 Å². The molecule has 1 heterocycles. The molecule has 0 saturated carbocycles. The van der Waals surface area contributed by atoms with Crippen molar-refractivity contribution in [2.24, 2.45) is 0 Å². The summed E-state index contributed by atoms with van der Waals surface area (Å²) in [6, 6.07) is 5.31. The Hall–Kier alpha value is -1.68. The van der Waals surface area contributed by atoms with E-state index in [9.17, 15) is 4.79 Å². The summed E-state index contributed by atoms with van der Waals surface area (Å²) in [5.74, 6) is 0. The molecular formula is C10H8ClN3O. The summed E-state index contributed by atoms with van der Waals surface area (Å²) in [6.07, 6.45) is 3.09. The predicted octanol–water partition coefficient (Wildman–Crippen LogP) is 1.95. The Balaban J connectivity index is 2.63. The molecule has 0 N–H and O–H groups in total. The molecule has 0 aliphatic rings. The molecule has 0 radical (unpaired) electrons. The lowest BCUT2D eigenvalue weighted by molar-refractivity contribution is 0.108. The van der Waals surface area contributed by atoms with Crippen LogP contribution in [-0.4, -0.2) is 20.2 Å². The number of nitrogens with zero attached hydrogens (tertiary/aromatic N) is 3. The Bertz CT molecular complexity index is 493. The molecule has 0 amide bonds. The van der Waals surface area contributed by atoms with E-state index in [1.54, 1.807) is 18.5 Å². The third-order valence-electron chi connectivity index (χ3n) is 2.00. The second-order valence-corrected chi connectivity index (χ2v) is 3.46. The van der Waals surface area contributed by atoms with Crippen molar-refractivity contribution in [1.29, 1.82) is 0 Å². The van der Waals surface area contributed by atoms with Crippen LogP contribution in [0.5, 0.6) is 0 Å². The molecular weight excluding hydrogens is 214 g/mol. The van der Waals surface area contributed by atoms with Crippen molar-refractivity contribution in [3.8, 4) is 5.69 Å². The molecule has 0 bridgehead atoms. The molecule has 76 valence electrons. The van der Waals surface area contributed by atoms with Gasteiger partial charge >= 0.3 is 0 Å². The van der Waals surface area contributed by atoms with Gasteiger partial charge in [0.25, 0.3) is 5.24 Å². The van der Waals surface area contributed by atoms with Crippen LogP contribution in [0.2, 0.25) is 0 Å². The van der Waals surface area contributed by atoms with Gasteiger partial charge in [0.2, 0.25) is 0 Å². The van der Waals surface area contributed by atoms with Crippen molar-refractivity contribution in [2.75, 3.05) is 0 Å². The SMILES string of the molecule is Cc1ccc(C(=O)Cl)c(-n2nccn2)c1. The van der Waals surface area contributed by atoms with Gasteiger partial charge in [-0.1, -0.05) is 6.07 Å². The fourth-order valence-corrected chi connectivity index (χ4v) is 1.47. The van der Waals surface area contributed by atoms with Crippen LogP contribution < -0.4 is 0 Å². The number of rotatable bonds is 2. The number of carbonyl (C=O) groups excluding carboxylic acids is 1. The summed E-state index contributed by atoms with van der Waals surface area (Å²) in [7, 11) is 0. The van der Waals surface area contributed by atoms with E-state index in [1.807, 2.05) is 19.1 Å². The number of benzene rings is 1. The van der Waals surface area contributed by atoms with Gasteiger partial charge < -0.3 is 0 Å². The summed E-state index contributed by atoms with van der Waals surface area (Å²) < 4.78 is 0. The first-order chi connectivity index (χ1) is 7.18. The van der Waals surface area contributed by atoms with Gasteiger partial charge in [-0.25, -0.2) is 0 Å². The van der Waals surface area contributed by atoms with E-state index in [0.29, 0.717) is 11.3 Å². The number of aryl methyl sites for hydroxylation is 1. The van der Waals surface area contributed by atoms with Crippen LogP contribution in [0.1, 0.15) is 15.9 Å². The molecule has 4 nitrogen and oxygen atoms in total. The van der Waals surface area contributed by atoms with Crippen LogP contribution in [0.3, 0.4) is 0 Å². The van der Waals surface area contributed by atoms with Crippen LogP contribution >= 0.6 is 11.6 Å². The number of hydrogen-bond donors (Lipinski definition) is 0. The minimum atomic E-state index is -0.512. The van der Waals surface area contributed by atoms with Gasteiger partial charge in [0, 0.05) is 0 Å². The topological polar surface area (TPSA) is 47.8 Å². The Morgan fingerprint density at radius 3 is 2.60 bits per heavy atom. The Morgan fingerprint density at radius 2 is 2.00 bits per heavy atom. The highest BCUT2D eigenvalue weighted by Gasteiger charge is 2.11. The Kier molecular flexibility index (Phi) is 2.51. The second kappa shape index (κ2) is 3.82. The molecule has 2 rings (SSSR count). The maximum Gasteiger partial charge on any atom is 0.254 e. The number of hydrogen-bond acceptors (Lipinski definition) is 3. The molecule has 0 saturated heterocycles. The molecule has 0 aliphatic heterocycles. The molecule has 2 aromatic rings. The van der Waals surface area contributed by atoms with Crippen molar-refractivity contribution < 1.29 is 4.79 Å². The monoisotopic (exact) mass is 221 g/mol. The zero-order valence-corrected chi connectivity index (χ0v) is 8.77. The van der Waals surface area contributed by atoms with Gasteiger partial charge in [0.1, 0.15) is 0 Å². The van der Waals surface area contributed by atoms with Crippen molar-refractivity contribution >= 4 is 16.8 Å². The Morgan fingerprint density at radius 1 is 1.33 bits per heavy atom. The molecule has 5 heteroatoms. The molecule has 0 aliphatic carbocycles. The standard InChI is InChI=1S/C10H8ClN3O/c1-7-2-3-8(10(11)15)9(6-7)14-12-4-5-13-14/h2-6H,1H3. The summed E-state index contributed by atoms with van der Waals surface area (Å²) >= 11 is 5.47. The summed E-state index contributed by atoms with van der Waals surface area (Å²) in [6.45, 7) is 1.93. The average molecular weight is 222 g/mol. The zero-order valence-electron chi connectivity index (χ0n) is 8.01. The predicted molar refractivity (Wildman–Crippen MR) is 56.3 cm³/mol. The normalized spacial score (nSPS) is 10.3.